The molecule has 2 aliphatic heterocycles. The van der Waals surface area contributed by atoms with Crippen LogP contribution in [0.4, 0.5) is 4.79 Å². The Morgan fingerprint density at radius 3 is 2.16 bits per heavy atom. The van der Waals surface area contributed by atoms with Crippen LogP contribution < -0.4 is 31.8 Å². The summed E-state index contributed by atoms with van der Waals surface area (Å²) in [6, 6.07) is 0.449. The fourth-order valence-electron chi connectivity index (χ4n) is 4.73. The van der Waals surface area contributed by atoms with E-state index in [2.05, 4.69) is 17.6 Å². The number of halogens is 1. The van der Waals surface area contributed by atoms with Crippen molar-refractivity contribution in [2.24, 2.45) is 0 Å². The topological polar surface area (TPSA) is 78.4 Å². The SMILES string of the molecule is CCCCCCCCCCCCCCC[I-]C(CCC[C@@H]1SC[C@@H]2NC(=O)N[C@@H]21)C(=O)O. The van der Waals surface area contributed by atoms with Gasteiger partial charge >= 0.3 is 192 Å². The number of nitrogens with one attached hydrogen (secondary N) is 2. The molecule has 0 spiro atoms. The molecule has 2 amide bonds. The van der Waals surface area contributed by atoms with Crippen LogP contribution in [-0.4, -0.2) is 48.5 Å². The number of carbonyl (C=O) groups excluding carboxylic acids is 1. The van der Waals surface area contributed by atoms with Crippen LogP contribution in [0, 0.1) is 0 Å². The van der Waals surface area contributed by atoms with E-state index in [-0.39, 0.29) is 43.2 Å². The van der Waals surface area contributed by atoms with Gasteiger partial charge in [-0.2, -0.15) is 0 Å². The van der Waals surface area contributed by atoms with E-state index < -0.39 is 5.97 Å². The first-order chi connectivity index (χ1) is 15.6. The van der Waals surface area contributed by atoms with Crippen LogP contribution in [0.25, 0.3) is 0 Å². The summed E-state index contributed by atoms with van der Waals surface area (Å²) in [5.41, 5.74) is 0. The van der Waals surface area contributed by atoms with Crippen molar-refractivity contribution in [2.75, 3.05) is 10.2 Å². The summed E-state index contributed by atoms with van der Waals surface area (Å²) in [4.78, 5) is 23.2. The minimum atomic E-state index is -0.583. The molecule has 0 aromatic heterocycles. The van der Waals surface area contributed by atoms with E-state index in [0.29, 0.717) is 5.25 Å². The van der Waals surface area contributed by atoms with Gasteiger partial charge in [0.2, 0.25) is 0 Å². The molecule has 0 bridgehead atoms. The van der Waals surface area contributed by atoms with E-state index >= 15 is 0 Å². The van der Waals surface area contributed by atoms with Gasteiger partial charge in [0.25, 0.3) is 0 Å². The van der Waals surface area contributed by atoms with Gasteiger partial charge < -0.3 is 0 Å². The molecule has 0 aliphatic carbocycles. The van der Waals surface area contributed by atoms with Gasteiger partial charge in [0.05, 0.1) is 0 Å². The van der Waals surface area contributed by atoms with E-state index in [9.17, 15) is 14.7 Å². The summed E-state index contributed by atoms with van der Waals surface area (Å²) in [7, 11) is 0. The number of unbranched alkanes of at least 4 members (excludes halogenated alkanes) is 12. The van der Waals surface area contributed by atoms with E-state index in [0.717, 1.165) is 29.4 Å². The molecule has 2 fully saturated rings. The Balaban J connectivity index is 1.41. The Morgan fingerprint density at radius 1 is 0.969 bits per heavy atom. The van der Waals surface area contributed by atoms with Crippen molar-refractivity contribution in [1.82, 2.24) is 10.6 Å². The van der Waals surface area contributed by atoms with Crippen molar-refractivity contribution >= 4 is 23.8 Å². The summed E-state index contributed by atoms with van der Waals surface area (Å²) in [5, 5.41) is 16.0. The first-order valence-corrected chi connectivity index (χ1v) is 16.9. The monoisotopic (exact) mass is 581 g/mol. The Labute approximate surface area is 210 Å². The number of aliphatic carboxylic acids is 1. The zero-order valence-electron chi connectivity index (χ0n) is 20.1. The Hall–Kier alpha value is -0.180. The molecule has 2 heterocycles. The number of fused-ring (bicyclic) bond motifs is 1. The molecule has 5 nitrogen and oxygen atoms in total. The third-order valence-corrected chi connectivity index (χ3v) is 11.8. The van der Waals surface area contributed by atoms with Crippen molar-refractivity contribution in [3.05, 3.63) is 0 Å². The van der Waals surface area contributed by atoms with Gasteiger partial charge in [-0.15, -0.1) is 0 Å². The van der Waals surface area contributed by atoms with Crippen LogP contribution >= 0.6 is 11.8 Å². The molecule has 32 heavy (non-hydrogen) atoms. The zero-order valence-corrected chi connectivity index (χ0v) is 23.1. The van der Waals surface area contributed by atoms with Crippen molar-refractivity contribution in [3.63, 3.8) is 0 Å². The normalized spacial score (nSPS) is 23.2. The average molecular weight is 582 g/mol. The molecule has 0 aromatic carbocycles. The molecular weight excluding hydrogens is 535 g/mol. The number of urea groups is 1. The maximum atomic E-state index is 11.7. The van der Waals surface area contributed by atoms with Gasteiger partial charge in [-0.3, -0.25) is 0 Å². The minimum absolute atomic E-state index is 0.0441. The molecule has 2 saturated heterocycles. The number of hydrogen-bond acceptors (Lipinski definition) is 3. The van der Waals surface area contributed by atoms with Gasteiger partial charge in [-0.1, -0.05) is 19.8 Å². The molecule has 188 valence electrons. The van der Waals surface area contributed by atoms with Crippen LogP contribution in [0.3, 0.4) is 0 Å². The fraction of sp³-hybridized carbons (Fsp3) is 0.920. The van der Waals surface area contributed by atoms with Gasteiger partial charge in [0.1, 0.15) is 0 Å². The number of hydrogen-bond donors (Lipinski definition) is 3. The standard InChI is InChI=1S/C25H46IN2O3S/c1-2-3-4-5-6-7-8-9-10-11-12-13-14-18-26-20(24(29)30)16-15-17-22-23-21(19-32-22)27-25(31)28-23/h20-23H,2-19H2,1H3,(H,29,30)(H2,27,28,31)/q-1/t20?,21-,22-,23-/m0/s1. The second-order valence-corrected chi connectivity index (χ2v) is 14.2. The van der Waals surface area contributed by atoms with Gasteiger partial charge in [0, 0.05) is 0 Å². The predicted octanol–water partition coefficient (Wildman–Crippen LogP) is 2.96. The third-order valence-electron chi connectivity index (χ3n) is 6.68. The molecule has 1 unspecified atom stereocenters. The number of carbonyl (C=O) groups is 2. The van der Waals surface area contributed by atoms with Gasteiger partial charge in [-0.05, 0) is 0 Å². The third kappa shape index (κ3) is 11.3. The molecule has 4 atom stereocenters. The second kappa shape index (κ2) is 17.3. The van der Waals surface area contributed by atoms with Crippen LogP contribution in [0.5, 0.6) is 0 Å². The second-order valence-electron chi connectivity index (χ2n) is 9.44. The van der Waals surface area contributed by atoms with Gasteiger partial charge in [-0.25, -0.2) is 0 Å². The molecule has 2 aliphatic rings. The first-order valence-electron chi connectivity index (χ1n) is 13.1. The molecule has 7 heteroatoms. The number of carboxylic acids is 1. The Kier molecular flexibility index (Phi) is 15.2. The first kappa shape index (κ1) is 28.1. The Bertz CT molecular complexity index is 537. The van der Waals surface area contributed by atoms with E-state index in [1.165, 1.54) is 83.5 Å². The summed E-state index contributed by atoms with van der Waals surface area (Å²) in [6.07, 6.45) is 20.5. The van der Waals surface area contributed by atoms with E-state index in [1.54, 1.807) is 0 Å². The molecule has 0 radical (unpaired) electrons. The number of alkyl halides is 2. The van der Waals surface area contributed by atoms with Crippen LogP contribution in [-0.2, 0) is 4.79 Å². The summed E-state index contributed by atoms with van der Waals surface area (Å²) < 4.78 is 1.06. The number of carboxylic acid groups (broad SMARTS) is 1. The summed E-state index contributed by atoms with van der Waals surface area (Å²) in [6.45, 7) is 2.27. The summed E-state index contributed by atoms with van der Waals surface area (Å²) >= 11 is 1.66. The molecular formula is C25H46IN2O3S-. The van der Waals surface area contributed by atoms with Crippen LogP contribution in [0.15, 0.2) is 0 Å². The van der Waals surface area contributed by atoms with E-state index in [1.807, 2.05) is 11.8 Å². The number of rotatable bonds is 20. The molecule has 3 N–H and O–H groups in total. The molecule has 0 aromatic rings. The van der Waals surface area contributed by atoms with Crippen molar-refractivity contribution < 1.29 is 35.9 Å². The van der Waals surface area contributed by atoms with Crippen molar-refractivity contribution in [2.45, 2.75) is 131 Å². The summed E-state index contributed by atoms with van der Waals surface area (Å²) in [5.74, 6) is 0.392. The van der Waals surface area contributed by atoms with Crippen LogP contribution in [0.2, 0.25) is 0 Å². The molecule has 2 rings (SSSR count). The van der Waals surface area contributed by atoms with Crippen LogP contribution in [0.1, 0.15) is 110 Å². The average Bonchev–Trinajstić information content (AvgIpc) is 3.31. The van der Waals surface area contributed by atoms with Crippen molar-refractivity contribution in [3.8, 4) is 0 Å². The van der Waals surface area contributed by atoms with Crippen molar-refractivity contribution in [1.29, 1.82) is 0 Å². The number of thioether (sulfide) groups is 1. The van der Waals surface area contributed by atoms with E-state index in [4.69, 9.17) is 0 Å². The Morgan fingerprint density at radius 2 is 1.56 bits per heavy atom. The molecule has 0 saturated carbocycles. The predicted molar refractivity (Wildman–Crippen MR) is 131 cm³/mol. The fourth-order valence-corrected chi connectivity index (χ4v) is 9.26. The maximum absolute atomic E-state index is 11.7. The zero-order chi connectivity index (χ0) is 23.0. The van der Waals surface area contributed by atoms with Gasteiger partial charge in [0.15, 0.2) is 0 Å². The quantitative estimate of drug-likeness (QED) is 0.0895. The number of amides is 2.